The third-order valence-electron chi connectivity index (χ3n) is 4.67. The summed E-state index contributed by atoms with van der Waals surface area (Å²) in [6.07, 6.45) is 3.37. The van der Waals surface area contributed by atoms with Crippen LogP contribution in [0.4, 0.5) is 5.95 Å². The smallest absolute Gasteiger partial charge is 0.281 e. The van der Waals surface area contributed by atoms with Gasteiger partial charge >= 0.3 is 0 Å². The molecule has 0 fully saturated rings. The fourth-order valence-corrected chi connectivity index (χ4v) is 3.00. The normalized spacial score (nSPS) is 10.7. The second-order valence-corrected chi connectivity index (χ2v) is 6.87. The molecule has 0 unspecified atom stereocenters. The number of nitrogens with one attached hydrogen (secondary N) is 1. The van der Waals surface area contributed by atoms with Crippen molar-refractivity contribution in [1.82, 2.24) is 19.7 Å². The number of nitrogens with zero attached hydrogens (tertiary/aromatic N) is 4. The zero-order valence-electron chi connectivity index (χ0n) is 16.3. The molecule has 0 radical (unpaired) electrons. The Morgan fingerprint density at radius 2 is 1.79 bits per heavy atom. The first kappa shape index (κ1) is 18.6. The molecule has 0 saturated carbocycles. The van der Waals surface area contributed by atoms with Crippen LogP contribution in [0.1, 0.15) is 27.0 Å². The molecule has 144 valence electrons. The largest absolute Gasteiger partial charge is 0.350 e. The number of carbonyl (C=O) groups excluding carboxylic acids is 1. The molecule has 1 N–H and O–H groups in total. The summed E-state index contributed by atoms with van der Waals surface area (Å²) in [4.78, 5) is 21.9. The van der Waals surface area contributed by atoms with E-state index >= 15 is 0 Å². The van der Waals surface area contributed by atoms with Gasteiger partial charge in [0.15, 0.2) is 5.82 Å². The van der Waals surface area contributed by atoms with Crippen LogP contribution in [-0.2, 0) is 6.54 Å². The highest BCUT2D eigenvalue weighted by molar-refractivity contribution is 5.98. The molecular formula is C23H21N5O. The van der Waals surface area contributed by atoms with Crippen LogP contribution in [0.25, 0.3) is 11.4 Å². The Morgan fingerprint density at radius 3 is 2.52 bits per heavy atom. The van der Waals surface area contributed by atoms with E-state index < -0.39 is 0 Å². The van der Waals surface area contributed by atoms with E-state index in [0.717, 1.165) is 16.7 Å². The van der Waals surface area contributed by atoms with Crippen molar-refractivity contribution in [2.75, 3.05) is 5.32 Å². The molecule has 2 aromatic heterocycles. The molecule has 0 aliphatic carbocycles. The molecule has 0 aliphatic rings. The Hall–Kier alpha value is -3.80. The van der Waals surface area contributed by atoms with Crippen molar-refractivity contribution in [2.24, 2.45) is 0 Å². The predicted molar refractivity (Wildman–Crippen MR) is 113 cm³/mol. The van der Waals surface area contributed by atoms with Crippen LogP contribution >= 0.6 is 0 Å². The van der Waals surface area contributed by atoms with Crippen LogP contribution in [-0.4, -0.2) is 25.7 Å². The maximum absolute atomic E-state index is 13.2. The first-order chi connectivity index (χ1) is 14.1. The quantitative estimate of drug-likeness (QED) is 0.557. The van der Waals surface area contributed by atoms with E-state index in [0.29, 0.717) is 23.9 Å². The topological polar surface area (TPSA) is 72.7 Å². The molecule has 6 heteroatoms. The van der Waals surface area contributed by atoms with Crippen molar-refractivity contribution in [3.8, 4) is 11.4 Å². The van der Waals surface area contributed by atoms with Crippen LogP contribution in [0, 0.1) is 13.8 Å². The van der Waals surface area contributed by atoms with Crippen molar-refractivity contribution in [1.29, 1.82) is 0 Å². The van der Waals surface area contributed by atoms with Gasteiger partial charge in [-0.05, 0) is 43.2 Å². The summed E-state index contributed by atoms with van der Waals surface area (Å²) in [7, 11) is 0. The monoisotopic (exact) mass is 383 g/mol. The molecule has 4 rings (SSSR count). The number of pyridine rings is 1. The Balaban J connectivity index is 1.70. The molecule has 2 heterocycles. The van der Waals surface area contributed by atoms with Gasteiger partial charge in [-0.15, -0.1) is 5.10 Å². The summed E-state index contributed by atoms with van der Waals surface area (Å²) in [5.74, 6) is 0.626. The predicted octanol–water partition coefficient (Wildman–Crippen LogP) is 4.26. The van der Waals surface area contributed by atoms with Gasteiger partial charge in [0.25, 0.3) is 5.91 Å². The van der Waals surface area contributed by atoms with E-state index in [-0.39, 0.29) is 5.91 Å². The molecule has 6 nitrogen and oxygen atoms in total. The van der Waals surface area contributed by atoms with E-state index in [4.69, 9.17) is 0 Å². The maximum Gasteiger partial charge on any atom is 0.281 e. The fourth-order valence-electron chi connectivity index (χ4n) is 3.00. The van der Waals surface area contributed by atoms with E-state index in [1.165, 1.54) is 10.2 Å². The van der Waals surface area contributed by atoms with Crippen LogP contribution in [0.2, 0.25) is 0 Å². The first-order valence-corrected chi connectivity index (χ1v) is 9.39. The average molecular weight is 383 g/mol. The number of anilines is 1. The third-order valence-corrected chi connectivity index (χ3v) is 4.67. The Morgan fingerprint density at radius 1 is 1.00 bits per heavy atom. The minimum absolute atomic E-state index is 0.225. The minimum Gasteiger partial charge on any atom is -0.350 e. The van der Waals surface area contributed by atoms with Crippen molar-refractivity contribution in [3.05, 3.63) is 95.3 Å². The minimum atomic E-state index is -0.225. The standard InChI is InChI=1S/C23H21N5O/c1-16-9-11-18(12-10-16)14-25-23-26-21(19-7-5-13-24-15-19)27-28(23)22(29)20-8-4-3-6-17(20)2/h3-13,15H,14H2,1-2H3,(H,25,26,27). The molecule has 4 aromatic rings. The summed E-state index contributed by atoms with van der Waals surface area (Å²) in [6, 6.07) is 19.4. The number of aryl methyl sites for hydroxylation is 2. The van der Waals surface area contributed by atoms with Gasteiger partial charge in [0, 0.05) is 30.1 Å². The Labute approximate surface area is 169 Å². The van der Waals surface area contributed by atoms with E-state index in [1.807, 2.05) is 49.4 Å². The fraction of sp³-hybridized carbons (Fsp3) is 0.130. The lowest BCUT2D eigenvalue weighted by molar-refractivity contribution is 0.0947. The Kier molecular flexibility index (Phi) is 5.16. The highest BCUT2D eigenvalue weighted by Gasteiger charge is 2.20. The maximum atomic E-state index is 13.2. The van der Waals surface area contributed by atoms with Gasteiger partial charge in [0.1, 0.15) is 0 Å². The molecule has 0 atom stereocenters. The lowest BCUT2D eigenvalue weighted by Crippen LogP contribution is -2.18. The van der Waals surface area contributed by atoms with Crippen LogP contribution in [0.5, 0.6) is 0 Å². The van der Waals surface area contributed by atoms with Gasteiger partial charge in [-0.25, -0.2) is 0 Å². The molecule has 0 saturated heterocycles. The van der Waals surface area contributed by atoms with Gasteiger partial charge < -0.3 is 5.32 Å². The molecule has 0 spiro atoms. The van der Waals surface area contributed by atoms with Crippen LogP contribution in [0.3, 0.4) is 0 Å². The van der Waals surface area contributed by atoms with Gasteiger partial charge in [0.2, 0.25) is 5.95 Å². The molecule has 0 aliphatic heterocycles. The van der Waals surface area contributed by atoms with Gasteiger partial charge in [-0.2, -0.15) is 9.67 Å². The number of hydrogen-bond acceptors (Lipinski definition) is 5. The van der Waals surface area contributed by atoms with E-state index in [9.17, 15) is 4.79 Å². The van der Waals surface area contributed by atoms with Crippen LogP contribution < -0.4 is 5.32 Å². The lowest BCUT2D eigenvalue weighted by Gasteiger charge is -2.09. The van der Waals surface area contributed by atoms with Gasteiger partial charge in [-0.1, -0.05) is 48.0 Å². The summed E-state index contributed by atoms with van der Waals surface area (Å²) in [5, 5.41) is 7.74. The lowest BCUT2D eigenvalue weighted by atomic mass is 10.1. The number of hydrogen-bond donors (Lipinski definition) is 1. The Bertz CT molecular complexity index is 1130. The molecule has 29 heavy (non-hydrogen) atoms. The molecule has 2 aromatic carbocycles. The second kappa shape index (κ2) is 8.06. The van der Waals surface area contributed by atoms with E-state index in [2.05, 4.69) is 39.4 Å². The first-order valence-electron chi connectivity index (χ1n) is 9.39. The van der Waals surface area contributed by atoms with Crippen molar-refractivity contribution < 1.29 is 4.79 Å². The number of rotatable bonds is 5. The molecule has 0 amide bonds. The van der Waals surface area contributed by atoms with Crippen molar-refractivity contribution in [3.63, 3.8) is 0 Å². The SMILES string of the molecule is Cc1ccc(CNc2nc(-c3cccnc3)nn2C(=O)c2ccccc2C)cc1. The number of benzene rings is 2. The molecular weight excluding hydrogens is 362 g/mol. The van der Waals surface area contributed by atoms with Gasteiger partial charge in [0.05, 0.1) is 0 Å². The molecule has 0 bridgehead atoms. The summed E-state index contributed by atoms with van der Waals surface area (Å²) in [6.45, 7) is 4.49. The third kappa shape index (κ3) is 4.06. The summed E-state index contributed by atoms with van der Waals surface area (Å²) in [5.41, 5.74) is 4.53. The number of carbonyl (C=O) groups is 1. The zero-order chi connectivity index (χ0) is 20.2. The van der Waals surface area contributed by atoms with Gasteiger partial charge in [-0.3, -0.25) is 9.78 Å². The van der Waals surface area contributed by atoms with Crippen molar-refractivity contribution >= 4 is 11.9 Å². The second-order valence-electron chi connectivity index (χ2n) is 6.87. The summed E-state index contributed by atoms with van der Waals surface area (Å²) < 4.78 is 1.33. The zero-order valence-corrected chi connectivity index (χ0v) is 16.3. The average Bonchev–Trinajstić information content (AvgIpc) is 3.18. The summed E-state index contributed by atoms with van der Waals surface area (Å²) >= 11 is 0. The van der Waals surface area contributed by atoms with Crippen LogP contribution in [0.15, 0.2) is 73.1 Å². The highest BCUT2D eigenvalue weighted by atomic mass is 16.2. The highest BCUT2D eigenvalue weighted by Crippen LogP contribution is 2.19. The number of aromatic nitrogens is 4. The van der Waals surface area contributed by atoms with Crippen molar-refractivity contribution in [2.45, 2.75) is 20.4 Å². The van der Waals surface area contributed by atoms with E-state index in [1.54, 1.807) is 18.5 Å².